The van der Waals surface area contributed by atoms with Gasteiger partial charge >= 0.3 is 0 Å². The molecule has 0 aliphatic heterocycles. The van der Waals surface area contributed by atoms with Crippen molar-refractivity contribution in [3.63, 3.8) is 0 Å². The van der Waals surface area contributed by atoms with Gasteiger partial charge in [-0.15, -0.1) is 0 Å². The molecule has 0 aliphatic rings. The van der Waals surface area contributed by atoms with Crippen LogP contribution in [0.25, 0.3) is 0 Å². The molecule has 0 aromatic heterocycles. The molecule has 3 nitrogen and oxygen atoms in total. The van der Waals surface area contributed by atoms with Gasteiger partial charge in [-0.05, 0) is 31.4 Å². The van der Waals surface area contributed by atoms with E-state index >= 15 is 0 Å². The Kier molecular flexibility index (Phi) is 6.05. The Labute approximate surface area is 111 Å². The van der Waals surface area contributed by atoms with Gasteiger partial charge < -0.3 is 5.32 Å². The smallest absolute Gasteiger partial charge is 0.232 e. The number of rotatable bonds is 6. The molecule has 0 aliphatic carbocycles. The van der Waals surface area contributed by atoms with Gasteiger partial charge in [0.1, 0.15) is 5.75 Å². The summed E-state index contributed by atoms with van der Waals surface area (Å²) >= 11 is 0. The van der Waals surface area contributed by atoms with E-state index in [9.17, 15) is 9.00 Å². The molecular formula is C14H21NO2S. The van der Waals surface area contributed by atoms with Crippen molar-refractivity contribution < 1.29 is 9.00 Å². The molecule has 1 amide bonds. The minimum Gasteiger partial charge on any atom is -0.355 e. The fraction of sp³-hybridized carbons (Fsp3) is 0.500. The number of carbonyl (C=O) groups excluding carboxylic acids is 1. The van der Waals surface area contributed by atoms with Crippen molar-refractivity contribution in [2.75, 3.05) is 12.3 Å². The number of benzene rings is 1. The normalized spacial score (nSPS) is 12.2. The number of aryl methyl sites for hydroxylation is 2. The molecule has 0 saturated heterocycles. The van der Waals surface area contributed by atoms with Crippen LogP contribution < -0.4 is 5.32 Å². The van der Waals surface area contributed by atoms with Crippen LogP contribution in [0.2, 0.25) is 0 Å². The Balaban J connectivity index is 2.54. The average Bonchev–Trinajstić information content (AvgIpc) is 2.31. The first-order valence-electron chi connectivity index (χ1n) is 6.20. The first-order valence-corrected chi connectivity index (χ1v) is 7.69. The molecule has 1 atom stereocenters. The molecule has 0 spiro atoms. The van der Waals surface area contributed by atoms with Crippen LogP contribution in [-0.2, 0) is 21.3 Å². The second-order valence-electron chi connectivity index (χ2n) is 4.51. The Morgan fingerprint density at radius 3 is 2.72 bits per heavy atom. The molecule has 0 radical (unpaired) electrons. The SMILES string of the molecule is CCCNC(=O)C[S@@](=O)Cc1cc(C)ccc1C. The van der Waals surface area contributed by atoms with E-state index in [-0.39, 0.29) is 11.7 Å². The number of nitrogens with one attached hydrogen (secondary N) is 1. The van der Waals surface area contributed by atoms with Crippen LogP contribution >= 0.6 is 0 Å². The lowest BCUT2D eigenvalue weighted by Gasteiger charge is -2.07. The molecule has 0 heterocycles. The van der Waals surface area contributed by atoms with Gasteiger partial charge in [0.25, 0.3) is 0 Å². The molecule has 100 valence electrons. The molecule has 1 rings (SSSR count). The Bertz CT molecular complexity index is 443. The van der Waals surface area contributed by atoms with E-state index in [1.165, 1.54) is 0 Å². The van der Waals surface area contributed by atoms with E-state index in [1.807, 2.05) is 39.0 Å². The highest BCUT2D eigenvalue weighted by Gasteiger charge is 2.09. The van der Waals surface area contributed by atoms with Gasteiger partial charge in [-0.1, -0.05) is 30.7 Å². The molecule has 0 unspecified atom stereocenters. The quantitative estimate of drug-likeness (QED) is 0.857. The summed E-state index contributed by atoms with van der Waals surface area (Å²) in [4.78, 5) is 11.5. The van der Waals surface area contributed by atoms with Crippen LogP contribution in [0.5, 0.6) is 0 Å². The van der Waals surface area contributed by atoms with Gasteiger partial charge in [-0.3, -0.25) is 9.00 Å². The standard InChI is InChI=1S/C14H21NO2S/c1-4-7-15-14(16)10-18(17)9-13-8-11(2)5-6-12(13)3/h5-6,8H,4,7,9-10H2,1-3H3,(H,15,16)/t18-/m0/s1. The predicted octanol–water partition coefficient (Wildman–Crippen LogP) is 2.08. The van der Waals surface area contributed by atoms with Crippen LogP contribution in [0, 0.1) is 13.8 Å². The molecule has 1 aromatic rings. The lowest BCUT2D eigenvalue weighted by molar-refractivity contribution is -0.118. The van der Waals surface area contributed by atoms with Crippen molar-refractivity contribution in [1.82, 2.24) is 5.32 Å². The monoisotopic (exact) mass is 267 g/mol. The summed E-state index contributed by atoms with van der Waals surface area (Å²) in [5.74, 6) is 0.418. The number of carbonyl (C=O) groups is 1. The maximum atomic E-state index is 11.9. The minimum atomic E-state index is -1.14. The zero-order valence-electron chi connectivity index (χ0n) is 11.3. The zero-order valence-corrected chi connectivity index (χ0v) is 12.1. The van der Waals surface area contributed by atoms with Gasteiger partial charge in [-0.2, -0.15) is 0 Å². The largest absolute Gasteiger partial charge is 0.355 e. The molecule has 0 bridgehead atoms. The maximum absolute atomic E-state index is 11.9. The van der Waals surface area contributed by atoms with Crippen molar-refractivity contribution >= 4 is 16.7 Å². The summed E-state index contributed by atoms with van der Waals surface area (Å²) in [6.07, 6.45) is 0.898. The van der Waals surface area contributed by atoms with Gasteiger partial charge in [0, 0.05) is 23.1 Å². The topological polar surface area (TPSA) is 46.2 Å². The van der Waals surface area contributed by atoms with Crippen LogP contribution in [-0.4, -0.2) is 22.4 Å². The predicted molar refractivity (Wildman–Crippen MR) is 75.9 cm³/mol. The Hall–Kier alpha value is -1.16. The van der Waals surface area contributed by atoms with Crippen molar-refractivity contribution in [3.05, 3.63) is 34.9 Å². The average molecular weight is 267 g/mol. The van der Waals surface area contributed by atoms with Crippen LogP contribution in [0.4, 0.5) is 0 Å². The third kappa shape index (κ3) is 5.00. The van der Waals surface area contributed by atoms with Crippen molar-refractivity contribution in [3.8, 4) is 0 Å². The summed E-state index contributed by atoms with van der Waals surface area (Å²) in [7, 11) is -1.14. The van der Waals surface area contributed by atoms with E-state index in [0.29, 0.717) is 12.3 Å². The number of hydrogen-bond donors (Lipinski definition) is 1. The van der Waals surface area contributed by atoms with Gasteiger partial charge in [0.15, 0.2) is 0 Å². The third-order valence-corrected chi connectivity index (χ3v) is 3.90. The summed E-state index contributed by atoms with van der Waals surface area (Å²) in [6, 6.07) is 6.10. The number of hydrogen-bond acceptors (Lipinski definition) is 2. The zero-order chi connectivity index (χ0) is 13.5. The second kappa shape index (κ2) is 7.31. The summed E-state index contributed by atoms with van der Waals surface area (Å²) in [5, 5.41) is 2.74. The molecule has 4 heteroatoms. The molecule has 1 aromatic carbocycles. The van der Waals surface area contributed by atoms with E-state index < -0.39 is 10.8 Å². The lowest BCUT2D eigenvalue weighted by atomic mass is 10.1. The Morgan fingerprint density at radius 2 is 2.06 bits per heavy atom. The van der Waals surface area contributed by atoms with E-state index in [0.717, 1.165) is 23.1 Å². The van der Waals surface area contributed by atoms with E-state index in [1.54, 1.807) is 0 Å². The summed E-state index contributed by atoms with van der Waals surface area (Å²) < 4.78 is 11.9. The minimum absolute atomic E-state index is 0.0907. The van der Waals surface area contributed by atoms with Crippen LogP contribution in [0.15, 0.2) is 18.2 Å². The number of amides is 1. The fourth-order valence-corrected chi connectivity index (χ4v) is 2.80. The van der Waals surface area contributed by atoms with Crippen molar-refractivity contribution in [2.45, 2.75) is 32.9 Å². The maximum Gasteiger partial charge on any atom is 0.232 e. The highest BCUT2D eigenvalue weighted by molar-refractivity contribution is 7.84. The summed E-state index contributed by atoms with van der Waals surface area (Å²) in [5.41, 5.74) is 3.35. The highest BCUT2D eigenvalue weighted by Crippen LogP contribution is 2.12. The van der Waals surface area contributed by atoms with E-state index in [4.69, 9.17) is 0 Å². The van der Waals surface area contributed by atoms with Crippen LogP contribution in [0.1, 0.15) is 30.0 Å². The summed E-state index contributed by atoms with van der Waals surface area (Å²) in [6.45, 7) is 6.66. The fourth-order valence-electron chi connectivity index (χ4n) is 1.64. The van der Waals surface area contributed by atoms with Crippen LogP contribution in [0.3, 0.4) is 0 Å². The Morgan fingerprint density at radius 1 is 1.33 bits per heavy atom. The molecule has 0 fully saturated rings. The second-order valence-corrected chi connectivity index (χ2v) is 5.97. The first kappa shape index (κ1) is 14.9. The van der Waals surface area contributed by atoms with Crippen molar-refractivity contribution in [2.24, 2.45) is 0 Å². The van der Waals surface area contributed by atoms with Gasteiger partial charge in [-0.25, -0.2) is 0 Å². The molecule has 18 heavy (non-hydrogen) atoms. The first-order chi connectivity index (χ1) is 8.52. The lowest BCUT2D eigenvalue weighted by Crippen LogP contribution is -2.29. The van der Waals surface area contributed by atoms with E-state index in [2.05, 4.69) is 5.32 Å². The molecule has 1 N–H and O–H groups in total. The molecule has 0 saturated carbocycles. The van der Waals surface area contributed by atoms with Gasteiger partial charge in [0.05, 0.1) is 0 Å². The van der Waals surface area contributed by atoms with Crippen molar-refractivity contribution in [1.29, 1.82) is 0 Å². The molecular weight excluding hydrogens is 246 g/mol. The highest BCUT2D eigenvalue weighted by atomic mass is 32.2. The van der Waals surface area contributed by atoms with Gasteiger partial charge in [0.2, 0.25) is 5.91 Å². The third-order valence-electron chi connectivity index (χ3n) is 2.69.